The van der Waals surface area contributed by atoms with Crippen molar-refractivity contribution in [2.75, 3.05) is 0 Å². The molecule has 118 valence electrons. The lowest BCUT2D eigenvalue weighted by Crippen LogP contribution is -1.88. The Bertz CT molecular complexity index is 1170. The predicted molar refractivity (Wildman–Crippen MR) is 104 cm³/mol. The van der Waals surface area contributed by atoms with E-state index in [1.54, 1.807) is 6.07 Å². The summed E-state index contributed by atoms with van der Waals surface area (Å²) in [6.07, 6.45) is 0.865. The highest BCUT2D eigenvalue weighted by Crippen LogP contribution is 2.48. The summed E-state index contributed by atoms with van der Waals surface area (Å²) >= 11 is 6.03. The standard InChI is InChI=1S/C23H13ClO/c24-17-8-10-18(16(11-17)13-25)15-7-9-19-20-5-1-3-14-4-2-6-21(23(14)20)22(19)12-15/h1-13H. The molecule has 0 radical (unpaired) electrons. The Labute approximate surface area is 150 Å². The summed E-state index contributed by atoms with van der Waals surface area (Å²) in [4.78, 5) is 11.5. The summed E-state index contributed by atoms with van der Waals surface area (Å²) in [6, 6.07) is 24.7. The van der Waals surface area contributed by atoms with Crippen molar-refractivity contribution in [3.8, 4) is 33.4 Å². The van der Waals surface area contributed by atoms with Crippen molar-refractivity contribution in [1.29, 1.82) is 0 Å². The minimum absolute atomic E-state index is 0.573. The second-order valence-electron chi connectivity index (χ2n) is 6.32. The van der Waals surface area contributed by atoms with E-state index in [9.17, 15) is 4.79 Å². The van der Waals surface area contributed by atoms with Gasteiger partial charge in [0.25, 0.3) is 0 Å². The van der Waals surface area contributed by atoms with Crippen LogP contribution in [0.4, 0.5) is 0 Å². The molecule has 1 aliphatic carbocycles. The Kier molecular flexibility index (Phi) is 3.06. The number of aldehydes is 1. The number of carbonyl (C=O) groups is 1. The number of benzene rings is 4. The van der Waals surface area contributed by atoms with Gasteiger partial charge in [0.15, 0.2) is 6.29 Å². The van der Waals surface area contributed by atoms with Crippen molar-refractivity contribution < 1.29 is 4.79 Å². The Morgan fingerprint density at radius 1 is 0.680 bits per heavy atom. The first kappa shape index (κ1) is 14.4. The minimum atomic E-state index is 0.573. The number of rotatable bonds is 2. The van der Waals surface area contributed by atoms with Crippen LogP contribution in [0, 0.1) is 0 Å². The van der Waals surface area contributed by atoms with Gasteiger partial charge in [-0.25, -0.2) is 0 Å². The van der Waals surface area contributed by atoms with E-state index in [-0.39, 0.29) is 0 Å². The third-order valence-electron chi connectivity index (χ3n) is 4.96. The quantitative estimate of drug-likeness (QED) is 0.330. The molecule has 0 fully saturated rings. The molecule has 2 heteroatoms. The second kappa shape index (κ2) is 5.30. The minimum Gasteiger partial charge on any atom is -0.298 e. The molecule has 4 aromatic rings. The van der Waals surface area contributed by atoms with Crippen molar-refractivity contribution in [2.24, 2.45) is 0 Å². The van der Waals surface area contributed by atoms with Crippen LogP contribution in [0.5, 0.6) is 0 Å². The maximum Gasteiger partial charge on any atom is 0.150 e. The third-order valence-corrected chi connectivity index (χ3v) is 5.19. The first-order valence-corrected chi connectivity index (χ1v) is 8.56. The molecule has 0 saturated carbocycles. The summed E-state index contributed by atoms with van der Waals surface area (Å²) in [5.41, 5.74) is 7.55. The van der Waals surface area contributed by atoms with Crippen LogP contribution in [-0.4, -0.2) is 6.29 Å². The normalized spacial score (nSPS) is 11.6. The van der Waals surface area contributed by atoms with Crippen molar-refractivity contribution in [2.45, 2.75) is 0 Å². The van der Waals surface area contributed by atoms with Gasteiger partial charge in [0.1, 0.15) is 0 Å². The topological polar surface area (TPSA) is 17.1 Å². The van der Waals surface area contributed by atoms with Gasteiger partial charge in [-0.05, 0) is 62.4 Å². The van der Waals surface area contributed by atoms with Crippen molar-refractivity contribution in [1.82, 2.24) is 0 Å². The highest BCUT2D eigenvalue weighted by molar-refractivity contribution is 6.31. The van der Waals surface area contributed by atoms with Crippen LogP contribution in [0.1, 0.15) is 10.4 Å². The molecule has 0 amide bonds. The van der Waals surface area contributed by atoms with Crippen LogP contribution in [0.25, 0.3) is 44.2 Å². The molecule has 0 aromatic heterocycles. The first-order chi connectivity index (χ1) is 12.3. The second-order valence-corrected chi connectivity index (χ2v) is 6.76. The van der Waals surface area contributed by atoms with Crippen LogP contribution in [-0.2, 0) is 0 Å². The first-order valence-electron chi connectivity index (χ1n) is 8.18. The van der Waals surface area contributed by atoms with Gasteiger partial charge in [0.05, 0.1) is 0 Å². The zero-order chi connectivity index (χ0) is 17.0. The average Bonchev–Trinajstić information content (AvgIpc) is 2.97. The molecule has 4 aromatic carbocycles. The fourth-order valence-corrected chi connectivity index (χ4v) is 4.03. The average molecular weight is 341 g/mol. The van der Waals surface area contributed by atoms with Gasteiger partial charge in [0, 0.05) is 10.6 Å². The lowest BCUT2D eigenvalue weighted by atomic mass is 9.95. The van der Waals surface area contributed by atoms with Gasteiger partial charge < -0.3 is 0 Å². The van der Waals surface area contributed by atoms with Crippen molar-refractivity contribution >= 4 is 28.7 Å². The highest BCUT2D eigenvalue weighted by atomic mass is 35.5. The van der Waals surface area contributed by atoms with E-state index < -0.39 is 0 Å². The van der Waals surface area contributed by atoms with Crippen LogP contribution in [0.3, 0.4) is 0 Å². The van der Waals surface area contributed by atoms with Crippen molar-refractivity contribution in [3.63, 3.8) is 0 Å². The molecule has 0 saturated heterocycles. The molecular formula is C23H13ClO. The molecule has 25 heavy (non-hydrogen) atoms. The van der Waals surface area contributed by atoms with E-state index in [2.05, 4.69) is 54.6 Å². The maximum absolute atomic E-state index is 11.5. The van der Waals surface area contributed by atoms with Gasteiger partial charge in [-0.1, -0.05) is 66.2 Å². The number of carbonyl (C=O) groups excluding carboxylic acids is 1. The molecule has 0 unspecified atom stereocenters. The van der Waals surface area contributed by atoms with Crippen molar-refractivity contribution in [3.05, 3.63) is 83.4 Å². The van der Waals surface area contributed by atoms with Crippen LogP contribution >= 0.6 is 11.6 Å². The van der Waals surface area contributed by atoms with E-state index in [1.807, 2.05) is 12.1 Å². The SMILES string of the molecule is O=Cc1cc(Cl)ccc1-c1ccc2c(c1)-c1cccc3cccc-2c13. The van der Waals surface area contributed by atoms with E-state index in [0.29, 0.717) is 10.6 Å². The Hall–Kier alpha value is -2.90. The number of fused-ring (bicyclic) bond motifs is 3. The monoisotopic (exact) mass is 340 g/mol. The van der Waals surface area contributed by atoms with E-state index in [4.69, 9.17) is 11.6 Å². The molecule has 0 N–H and O–H groups in total. The Morgan fingerprint density at radius 3 is 2.16 bits per heavy atom. The molecule has 0 atom stereocenters. The largest absolute Gasteiger partial charge is 0.298 e. The highest BCUT2D eigenvalue weighted by Gasteiger charge is 2.21. The molecule has 0 spiro atoms. The summed E-state index contributed by atoms with van der Waals surface area (Å²) in [5.74, 6) is 0. The fourth-order valence-electron chi connectivity index (χ4n) is 3.85. The number of hydrogen-bond acceptors (Lipinski definition) is 1. The molecule has 0 bridgehead atoms. The summed E-state index contributed by atoms with van der Waals surface area (Å²) in [7, 11) is 0. The zero-order valence-electron chi connectivity index (χ0n) is 13.3. The zero-order valence-corrected chi connectivity index (χ0v) is 14.0. The van der Waals surface area contributed by atoms with Crippen LogP contribution in [0.2, 0.25) is 5.02 Å². The molecule has 5 rings (SSSR count). The van der Waals surface area contributed by atoms with Crippen LogP contribution in [0.15, 0.2) is 72.8 Å². The summed E-state index contributed by atoms with van der Waals surface area (Å²) in [5, 5.41) is 3.14. The van der Waals surface area contributed by atoms with Gasteiger partial charge in [-0.2, -0.15) is 0 Å². The van der Waals surface area contributed by atoms with E-state index in [0.717, 1.165) is 17.4 Å². The lowest BCUT2D eigenvalue weighted by Gasteiger charge is -2.09. The molecular weight excluding hydrogens is 328 g/mol. The molecule has 1 nitrogen and oxygen atoms in total. The summed E-state index contributed by atoms with van der Waals surface area (Å²) < 4.78 is 0. The third kappa shape index (κ3) is 2.06. The Balaban J connectivity index is 1.78. The smallest absolute Gasteiger partial charge is 0.150 e. The van der Waals surface area contributed by atoms with E-state index in [1.165, 1.54) is 33.0 Å². The number of halogens is 1. The summed E-state index contributed by atoms with van der Waals surface area (Å²) in [6.45, 7) is 0. The molecule has 1 aliphatic rings. The molecule has 0 heterocycles. The number of hydrogen-bond donors (Lipinski definition) is 0. The van der Waals surface area contributed by atoms with E-state index >= 15 is 0 Å². The van der Waals surface area contributed by atoms with Gasteiger partial charge >= 0.3 is 0 Å². The van der Waals surface area contributed by atoms with Crippen LogP contribution < -0.4 is 0 Å². The fraction of sp³-hybridized carbons (Fsp3) is 0. The van der Waals surface area contributed by atoms with Gasteiger partial charge in [-0.15, -0.1) is 0 Å². The van der Waals surface area contributed by atoms with Gasteiger partial charge in [0.2, 0.25) is 0 Å². The maximum atomic E-state index is 11.5. The lowest BCUT2D eigenvalue weighted by molar-refractivity contribution is 0.112. The molecule has 0 aliphatic heterocycles. The Morgan fingerprint density at radius 2 is 1.40 bits per heavy atom. The van der Waals surface area contributed by atoms with Gasteiger partial charge in [-0.3, -0.25) is 4.79 Å². The predicted octanol–water partition coefficient (Wildman–Crippen LogP) is 6.62.